The molecule has 4 rings (SSSR count). The average molecular weight is 386 g/mol. The van der Waals surface area contributed by atoms with Crippen LogP contribution in [0.4, 0.5) is 0 Å². The Balaban J connectivity index is 1.94. The number of hydrogen-bond acceptors (Lipinski definition) is 5. The van der Waals surface area contributed by atoms with Crippen LogP contribution in [-0.2, 0) is 0 Å². The monoisotopic (exact) mass is 386 g/mol. The molecular formula is C24H18O5. The van der Waals surface area contributed by atoms with Gasteiger partial charge in [-0.3, -0.25) is 4.79 Å². The molecule has 29 heavy (non-hydrogen) atoms. The van der Waals surface area contributed by atoms with Crippen molar-refractivity contribution in [1.82, 2.24) is 0 Å². The first-order chi connectivity index (χ1) is 14.0. The smallest absolute Gasteiger partial charge is 0.344 e. The molecule has 3 aromatic carbocycles. The lowest BCUT2D eigenvalue weighted by Gasteiger charge is -2.12. The molecule has 4 aromatic rings. The van der Waals surface area contributed by atoms with Gasteiger partial charge in [-0.15, -0.1) is 0 Å². The quantitative estimate of drug-likeness (QED) is 0.502. The number of aldehydes is 1. The van der Waals surface area contributed by atoms with Gasteiger partial charge in [0.2, 0.25) is 0 Å². The van der Waals surface area contributed by atoms with Crippen molar-refractivity contribution in [2.45, 2.75) is 6.92 Å². The number of fused-ring (bicyclic) bond motifs is 1. The van der Waals surface area contributed by atoms with E-state index in [1.54, 1.807) is 31.2 Å². The number of rotatable bonds is 4. The highest BCUT2D eigenvalue weighted by atomic mass is 16.5. The van der Waals surface area contributed by atoms with Gasteiger partial charge in [0, 0.05) is 11.1 Å². The van der Waals surface area contributed by atoms with E-state index in [0.29, 0.717) is 45.3 Å². The molecule has 1 aromatic heterocycles. The van der Waals surface area contributed by atoms with Crippen molar-refractivity contribution in [3.63, 3.8) is 0 Å². The standard InChI is InChI=1S/C24H18O5/c1-14-8-17(9-19(23(14)26)15-6-4-3-5-7-15)22-12-16-11-21(28-2)18(13-25)10-20(16)24(27)29-22/h3-13,26H,1-2H3. The molecule has 0 fully saturated rings. The van der Waals surface area contributed by atoms with Gasteiger partial charge in [-0.2, -0.15) is 0 Å². The number of ether oxygens (including phenoxy) is 1. The van der Waals surface area contributed by atoms with E-state index in [9.17, 15) is 14.7 Å². The van der Waals surface area contributed by atoms with E-state index in [4.69, 9.17) is 9.15 Å². The van der Waals surface area contributed by atoms with E-state index in [0.717, 1.165) is 5.56 Å². The zero-order valence-electron chi connectivity index (χ0n) is 15.9. The van der Waals surface area contributed by atoms with E-state index < -0.39 is 5.63 Å². The summed E-state index contributed by atoms with van der Waals surface area (Å²) in [6.45, 7) is 1.80. The third-order valence-corrected chi connectivity index (χ3v) is 4.91. The summed E-state index contributed by atoms with van der Waals surface area (Å²) in [5.41, 5.74) is 2.57. The third kappa shape index (κ3) is 3.27. The molecule has 144 valence electrons. The van der Waals surface area contributed by atoms with Gasteiger partial charge in [0.15, 0.2) is 6.29 Å². The number of methoxy groups -OCH3 is 1. The maximum atomic E-state index is 12.6. The minimum atomic E-state index is -0.546. The lowest BCUT2D eigenvalue weighted by molar-refractivity contribution is 0.112. The van der Waals surface area contributed by atoms with Crippen molar-refractivity contribution in [2.75, 3.05) is 7.11 Å². The summed E-state index contributed by atoms with van der Waals surface area (Å²) in [7, 11) is 1.47. The highest BCUT2D eigenvalue weighted by molar-refractivity contribution is 5.93. The van der Waals surface area contributed by atoms with Crippen molar-refractivity contribution < 1.29 is 19.1 Å². The first-order valence-electron chi connectivity index (χ1n) is 9.02. The van der Waals surface area contributed by atoms with Crippen LogP contribution in [0.1, 0.15) is 15.9 Å². The van der Waals surface area contributed by atoms with Crippen LogP contribution in [-0.4, -0.2) is 18.5 Å². The number of carbonyl (C=O) groups is 1. The number of phenols is 1. The molecule has 0 radical (unpaired) electrons. The summed E-state index contributed by atoms with van der Waals surface area (Å²) in [4.78, 5) is 23.8. The summed E-state index contributed by atoms with van der Waals surface area (Å²) < 4.78 is 10.8. The second-order valence-electron chi connectivity index (χ2n) is 6.75. The SMILES string of the molecule is COc1cc2cc(-c3cc(C)c(O)c(-c4ccccc4)c3)oc(=O)c2cc1C=O. The van der Waals surface area contributed by atoms with Crippen LogP contribution in [0.3, 0.4) is 0 Å². The number of benzene rings is 3. The van der Waals surface area contributed by atoms with E-state index >= 15 is 0 Å². The van der Waals surface area contributed by atoms with E-state index in [1.165, 1.54) is 13.2 Å². The maximum absolute atomic E-state index is 12.6. The molecule has 1 N–H and O–H groups in total. The molecule has 0 amide bonds. The summed E-state index contributed by atoms with van der Waals surface area (Å²) in [5, 5.41) is 11.4. The summed E-state index contributed by atoms with van der Waals surface area (Å²) in [5.74, 6) is 0.931. The molecule has 0 spiro atoms. The Morgan fingerprint density at radius 2 is 1.76 bits per heavy atom. The van der Waals surface area contributed by atoms with Gasteiger partial charge in [-0.05, 0) is 53.8 Å². The van der Waals surface area contributed by atoms with E-state index in [2.05, 4.69) is 0 Å². The Morgan fingerprint density at radius 3 is 2.45 bits per heavy atom. The third-order valence-electron chi connectivity index (χ3n) is 4.91. The van der Waals surface area contributed by atoms with Gasteiger partial charge in [0.1, 0.15) is 17.3 Å². The zero-order chi connectivity index (χ0) is 20.5. The molecule has 5 heteroatoms. The molecule has 0 aliphatic heterocycles. The summed E-state index contributed by atoms with van der Waals surface area (Å²) in [6.07, 6.45) is 0.640. The van der Waals surface area contributed by atoms with Gasteiger partial charge in [-0.25, -0.2) is 4.79 Å². The Hall–Kier alpha value is -3.86. The average Bonchev–Trinajstić information content (AvgIpc) is 2.75. The number of aryl methyl sites for hydroxylation is 1. The van der Waals surface area contributed by atoms with Gasteiger partial charge >= 0.3 is 5.63 Å². The second kappa shape index (κ2) is 7.28. The summed E-state index contributed by atoms with van der Waals surface area (Å²) >= 11 is 0. The molecular weight excluding hydrogens is 368 g/mol. The van der Waals surface area contributed by atoms with Gasteiger partial charge in [0.25, 0.3) is 0 Å². The zero-order valence-corrected chi connectivity index (χ0v) is 15.9. The lowest BCUT2D eigenvalue weighted by Crippen LogP contribution is -2.02. The molecule has 1 heterocycles. The Morgan fingerprint density at radius 1 is 1.00 bits per heavy atom. The molecule has 0 saturated carbocycles. The molecule has 0 unspecified atom stereocenters. The molecule has 0 saturated heterocycles. The number of carbonyl (C=O) groups excluding carboxylic acids is 1. The van der Waals surface area contributed by atoms with Crippen LogP contribution in [0.15, 0.2) is 69.9 Å². The normalized spacial score (nSPS) is 10.8. The number of aromatic hydroxyl groups is 1. The fourth-order valence-electron chi connectivity index (χ4n) is 3.40. The lowest BCUT2D eigenvalue weighted by atomic mass is 9.97. The van der Waals surface area contributed by atoms with Crippen LogP contribution in [0.2, 0.25) is 0 Å². The maximum Gasteiger partial charge on any atom is 0.344 e. The van der Waals surface area contributed by atoms with Gasteiger partial charge < -0.3 is 14.3 Å². The Labute approximate surface area is 166 Å². The molecule has 0 aliphatic carbocycles. The molecule has 5 nitrogen and oxygen atoms in total. The Kier molecular flexibility index (Phi) is 4.64. The topological polar surface area (TPSA) is 76.7 Å². The van der Waals surface area contributed by atoms with Crippen LogP contribution in [0, 0.1) is 6.92 Å². The fraction of sp³-hybridized carbons (Fsp3) is 0.0833. The van der Waals surface area contributed by atoms with Crippen LogP contribution in [0.5, 0.6) is 11.5 Å². The predicted octanol–water partition coefficient (Wildman–Crippen LogP) is 4.96. The number of hydrogen-bond donors (Lipinski definition) is 1. The van der Waals surface area contributed by atoms with E-state index in [1.807, 2.05) is 30.3 Å². The highest BCUT2D eigenvalue weighted by Gasteiger charge is 2.15. The van der Waals surface area contributed by atoms with Crippen molar-refractivity contribution in [1.29, 1.82) is 0 Å². The molecule has 0 aliphatic rings. The van der Waals surface area contributed by atoms with Gasteiger partial charge in [-0.1, -0.05) is 30.3 Å². The van der Waals surface area contributed by atoms with Crippen molar-refractivity contribution in [3.8, 4) is 33.9 Å². The van der Waals surface area contributed by atoms with Crippen molar-refractivity contribution in [3.05, 3.63) is 82.2 Å². The van der Waals surface area contributed by atoms with Crippen LogP contribution in [0.25, 0.3) is 33.2 Å². The molecule has 0 atom stereocenters. The number of phenolic OH excluding ortho intramolecular Hbond substituents is 1. The minimum absolute atomic E-state index is 0.181. The van der Waals surface area contributed by atoms with Crippen LogP contribution >= 0.6 is 0 Å². The fourth-order valence-corrected chi connectivity index (χ4v) is 3.40. The first-order valence-corrected chi connectivity index (χ1v) is 9.02. The summed E-state index contributed by atoms with van der Waals surface area (Å²) in [6, 6.07) is 17.9. The van der Waals surface area contributed by atoms with Gasteiger partial charge in [0.05, 0.1) is 18.1 Å². The van der Waals surface area contributed by atoms with Crippen molar-refractivity contribution >= 4 is 17.1 Å². The molecule has 0 bridgehead atoms. The highest BCUT2D eigenvalue weighted by Crippen LogP contribution is 2.37. The second-order valence-corrected chi connectivity index (χ2v) is 6.75. The Bertz CT molecular complexity index is 1290. The van der Waals surface area contributed by atoms with Crippen molar-refractivity contribution in [2.24, 2.45) is 0 Å². The van der Waals surface area contributed by atoms with Crippen LogP contribution < -0.4 is 10.4 Å². The largest absolute Gasteiger partial charge is 0.507 e. The first kappa shape index (κ1) is 18.5. The predicted molar refractivity (Wildman–Crippen MR) is 112 cm³/mol. The minimum Gasteiger partial charge on any atom is -0.507 e. The van der Waals surface area contributed by atoms with E-state index in [-0.39, 0.29) is 11.3 Å².